The lowest BCUT2D eigenvalue weighted by atomic mass is 9.80. The maximum atomic E-state index is 13.0. The Balaban J connectivity index is 1.31. The van der Waals surface area contributed by atoms with Gasteiger partial charge in [0.15, 0.2) is 0 Å². The fraction of sp³-hybridized carbons (Fsp3) is 0.216. The van der Waals surface area contributed by atoms with E-state index in [2.05, 4.69) is 10.3 Å². The highest BCUT2D eigenvalue weighted by molar-refractivity contribution is 6.03. The van der Waals surface area contributed by atoms with Crippen LogP contribution < -0.4 is 26.0 Å². The van der Waals surface area contributed by atoms with Crippen LogP contribution in [-0.2, 0) is 15.1 Å². The summed E-state index contributed by atoms with van der Waals surface area (Å²) in [6.07, 6.45) is -1.70. The first kappa shape index (κ1) is 32.5. The molecule has 11 heteroatoms. The van der Waals surface area contributed by atoms with Crippen molar-refractivity contribution in [3.8, 4) is 11.5 Å². The van der Waals surface area contributed by atoms with E-state index in [0.717, 1.165) is 27.5 Å². The fourth-order valence-electron chi connectivity index (χ4n) is 5.90. The Labute approximate surface area is 276 Å². The van der Waals surface area contributed by atoms with Crippen LogP contribution in [0.1, 0.15) is 39.7 Å². The lowest BCUT2D eigenvalue weighted by Crippen LogP contribution is -2.38. The molecule has 5 aromatic rings. The summed E-state index contributed by atoms with van der Waals surface area (Å²) in [6, 6.07) is 33.4. The van der Waals surface area contributed by atoms with Gasteiger partial charge in [-0.25, -0.2) is 4.79 Å². The molecule has 3 N–H and O–H groups in total. The lowest BCUT2D eigenvalue weighted by molar-refractivity contribution is -0.0944. The number of aromatic nitrogens is 2. The van der Waals surface area contributed by atoms with Crippen LogP contribution in [0.2, 0.25) is 0 Å². The van der Waals surface area contributed by atoms with E-state index in [1.807, 2.05) is 78.9 Å². The number of benzene rings is 4. The average molecular weight is 650 g/mol. The molecule has 1 aromatic heterocycles. The van der Waals surface area contributed by atoms with Crippen molar-refractivity contribution in [1.82, 2.24) is 9.55 Å². The lowest BCUT2D eigenvalue weighted by Gasteiger charge is -2.37. The highest BCUT2D eigenvalue weighted by Crippen LogP contribution is 2.42. The molecule has 3 atom stereocenters. The highest BCUT2D eigenvalue weighted by Gasteiger charge is 2.42. The SMILES string of the molecule is COc1ccc(C(OC[C@H]2O[C@@H](n3cc(C(=O)Nc4ccccc4)c(=O)[nH]c3=O)C[C@@H]2O)(c2ccccc2)c2ccc(OC)cc2)cc1. The van der Waals surface area contributed by atoms with Crippen LogP contribution in [-0.4, -0.2) is 53.6 Å². The Hall–Kier alpha value is -5.49. The maximum absolute atomic E-state index is 13.0. The molecule has 1 amide bonds. The second-order valence-electron chi connectivity index (χ2n) is 11.3. The smallest absolute Gasteiger partial charge is 0.330 e. The molecule has 2 heterocycles. The number of methoxy groups -OCH3 is 2. The molecule has 6 rings (SSSR count). The Morgan fingerprint density at radius 2 is 1.40 bits per heavy atom. The first-order valence-electron chi connectivity index (χ1n) is 15.4. The number of hydrogen-bond donors (Lipinski definition) is 3. The van der Waals surface area contributed by atoms with Gasteiger partial charge in [-0.2, -0.15) is 0 Å². The topological polar surface area (TPSA) is 141 Å². The van der Waals surface area contributed by atoms with Gasteiger partial charge in [-0.05, 0) is 53.1 Å². The minimum atomic E-state index is -1.15. The van der Waals surface area contributed by atoms with Crippen LogP contribution in [0.3, 0.4) is 0 Å². The van der Waals surface area contributed by atoms with Crippen molar-refractivity contribution in [1.29, 1.82) is 0 Å². The Bertz CT molecular complexity index is 1910. The largest absolute Gasteiger partial charge is 0.497 e. The van der Waals surface area contributed by atoms with Gasteiger partial charge in [0.1, 0.15) is 35.0 Å². The number of amides is 1. The van der Waals surface area contributed by atoms with Crippen molar-refractivity contribution in [3.63, 3.8) is 0 Å². The summed E-state index contributed by atoms with van der Waals surface area (Å²) in [7, 11) is 3.20. The van der Waals surface area contributed by atoms with Crippen LogP contribution >= 0.6 is 0 Å². The second-order valence-corrected chi connectivity index (χ2v) is 11.3. The average Bonchev–Trinajstić information content (AvgIpc) is 3.49. The molecule has 246 valence electrons. The van der Waals surface area contributed by atoms with Gasteiger partial charge in [-0.15, -0.1) is 0 Å². The van der Waals surface area contributed by atoms with Gasteiger partial charge < -0.3 is 29.4 Å². The van der Waals surface area contributed by atoms with Gasteiger partial charge in [0.05, 0.1) is 26.9 Å². The third-order valence-electron chi connectivity index (χ3n) is 8.40. The number of nitrogens with zero attached hydrogens (tertiary/aromatic N) is 1. The van der Waals surface area contributed by atoms with E-state index in [1.165, 1.54) is 0 Å². The zero-order valence-corrected chi connectivity index (χ0v) is 26.4. The number of aromatic amines is 1. The first-order chi connectivity index (χ1) is 23.3. The van der Waals surface area contributed by atoms with E-state index in [9.17, 15) is 19.5 Å². The van der Waals surface area contributed by atoms with E-state index in [-0.39, 0.29) is 18.6 Å². The number of rotatable bonds is 11. The van der Waals surface area contributed by atoms with E-state index in [4.69, 9.17) is 18.9 Å². The number of aliphatic hydroxyl groups excluding tert-OH is 1. The number of ether oxygens (including phenoxy) is 4. The summed E-state index contributed by atoms with van der Waals surface area (Å²) >= 11 is 0. The number of aliphatic hydroxyl groups is 1. The molecule has 11 nitrogen and oxygen atoms in total. The highest BCUT2D eigenvalue weighted by atomic mass is 16.6. The molecule has 48 heavy (non-hydrogen) atoms. The first-order valence-corrected chi connectivity index (χ1v) is 15.4. The van der Waals surface area contributed by atoms with Crippen LogP contribution in [0.5, 0.6) is 11.5 Å². The summed E-state index contributed by atoms with van der Waals surface area (Å²) in [4.78, 5) is 40.7. The Morgan fingerprint density at radius 3 is 1.96 bits per heavy atom. The van der Waals surface area contributed by atoms with Gasteiger partial charge >= 0.3 is 5.69 Å². The summed E-state index contributed by atoms with van der Waals surface area (Å²) < 4.78 is 25.0. The number of anilines is 1. The van der Waals surface area contributed by atoms with Crippen molar-refractivity contribution in [3.05, 3.63) is 158 Å². The minimum absolute atomic E-state index is 0.0170. The predicted octanol–water partition coefficient (Wildman–Crippen LogP) is 4.46. The third-order valence-corrected chi connectivity index (χ3v) is 8.40. The van der Waals surface area contributed by atoms with Crippen LogP contribution in [0.25, 0.3) is 0 Å². The predicted molar refractivity (Wildman–Crippen MR) is 179 cm³/mol. The van der Waals surface area contributed by atoms with Crippen LogP contribution in [0.4, 0.5) is 5.69 Å². The van der Waals surface area contributed by atoms with E-state index in [0.29, 0.717) is 17.2 Å². The molecule has 0 spiro atoms. The zero-order chi connectivity index (χ0) is 33.7. The van der Waals surface area contributed by atoms with Crippen molar-refractivity contribution < 1.29 is 28.8 Å². The maximum Gasteiger partial charge on any atom is 0.330 e. The zero-order valence-electron chi connectivity index (χ0n) is 26.4. The monoisotopic (exact) mass is 649 g/mol. The number of carbonyl (C=O) groups excluding carboxylic acids is 1. The summed E-state index contributed by atoms with van der Waals surface area (Å²) in [5.74, 6) is 0.660. The van der Waals surface area contributed by atoms with Gasteiger partial charge in [0.2, 0.25) is 0 Å². The number of hydrogen-bond acceptors (Lipinski definition) is 8. The normalized spacial score (nSPS) is 17.5. The third kappa shape index (κ3) is 6.52. The molecule has 1 fully saturated rings. The summed E-state index contributed by atoms with van der Waals surface area (Å²) in [6.45, 7) is -0.0793. The second kappa shape index (κ2) is 14.1. The van der Waals surface area contributed by atoms with Crippen LogP contribution in [0, 0.1) is 0 Å². The quantitative estimate of drug-likeness (QED) is 0.178. The molecule has 0 aliphatic carbocycles. The number of carbonyl (C=O) groups is 1. The Morgan fingerprint density at radius 1 is 0.854 bits per heavy atom. The van der Waals surface area contributed by atoms with Crippen molar-refractivity contribution in [2.24, 2.45) is 0 Å². The van der Waals surface area contributed by atoms with Crippen molar-refractivity contribution in [2.75, 3.05) is 26.1 Å². The van der Waals surface area contributed by atoms with Crippen LogP contribution in [0.15, 0.2) is 125 Å². The summed E-state index contributed by atoms with van der Waals surface area (Å²) in [5, 5.41) is 13.8. The Kier molecular flexibility index (Phi) is 9.53. The molecule has 1 aliphatic heterocycles. The molecule has 1 aliphatic rings. The molecule has 0 unspecified atom stereocenters. The number of nitrogens with one attached hydrogen (secondary N) is 2. The molecule has 0 saturated carbocycles. The van der Waals surface area contributed by atoms with Crippen molar-refractivity contribution >= 4 is 11.6 Å². The molecule has 0 bridgehead atoms. The van der Waals surface area contributed by atoms with Gasteiger partial charge in [0.25, 0.3) is 11.5 Å². The van der Waals surface area contributed by atoms with E-state index in [1.54, 1.807) is 44.6 Å². The molecular formula is C37H35N3O8. The fourth-order valence-corrected chi connectivity index (χ4v) is 5.90. The number of para-hydroxylation sites is 1. The molecular weight excluding hydrogens is 614 g/mol. The van der Waals surface area contributed by atoms with E-state index < -0.39 is 41.2 Å². The van der Waals surface area contributed by atoms with Gasteiger partial charge in [-0.3, -0.25) is 19.1 Å². The number of H-pyrrole nitrogens is 1. The molecule has 1 saturated heterocycles. The van der Waals surface area contributed by atoms with Gasteiger partial charge in [0, 0.05) is 18.3 Å². The minimum Gasteiger partial charge on any atom is -0.497 e. The van der Waals surface area contributed by atoms with Gasteiger partial charge in [-0.1, -0.05) is 72.8 Å². The van der Waals surface area contributed by atoms with E-state index >= 15 is 0 Å². The summed E-state index contributed by atoms with van der Waals surface area (Å²) in [5.41, 5.74) is -0.129. The standard InChI is InChI=1S/C37H35N3O8/c1-45-28-17-13-25(14-18-28)37(24-9-5-3-6-10-24,26-15-19-29(46-2)20-16-26)47-23-32-31(41)21-33(48-32)40-22-30(35(43)39-36(40)44)34(42)38-27-11-7-4-8-12-27/h3-20,22,31-33,41H,21,23H2,1-2H3,(H,38,42)(H,39,43,44)/t31-,32+,33+/m0/s1. The molecule has 0 radical (unpaired) electrons. The van der Waals surface area contributed by atoms with Crippen molar-refractivity contribution in [2.45, 2.75) is 30.5 Å². The molecule has 4 aromatic carbocycles.